The number of H-pyrrole nitrogens is 1. The normalized spacial score (nSPS) is 14.4. The highest BCUT2D eigenvalue weighted by molar-refractivity contribution is 6.02. The largest absolute Gasteiger partial charge is 0.481 e. The van der Waals surface area contributed by atoms with Crippen molar-refractivity contribution in [2.24, 2.45) is 5.92 Å². The number of halogens is 2. The van der Waals surface area contributed by atoms with Crippen LogP contribution in [0.5, 0.6) is 0 Å². The minimum Gasteiger partial charge on any atom is -0.481 e. The summed E-state index contributed by atoms with van der Waals surface area (Å²) < 4.78 is 26.3. The maximum atomic E-state index is 13.5. The number of alkyl halides is 1. The van der Waals surface area contributed by atoms with Crippen molar-refractivity contribution < 1.29 is 33.4 Å². The molecular formula is C20H25F2N3O5. The molecule has 0 spiro atoms. The maximum Gasteiger partial charge on any atom is 0.305 e. The molecule has 0 bridgehead atoms. The minimum atomic E-state index is -1.69. The Labute approximate surface area is 171 Å². The number of nitrogens with one attached hydrogen (secondary N) is 3. The number of carboxylic acids is 1. The Kier molecular flexibility index (Phi) is 7.49. The van der Waals surface area contributed by atoms with Crippen LogP contribution in [-0.4, -0.2) is 57.8 Å². The number of amides is 2. The van der Waals surface area contributed by atoms with Gasteiger partial charge < -0.3 is 25.8 Å². The first-order valence-electron chi connectivity index (χ1n) is 9.40. The fourth-order valence-corrected chi connectivity index (χ4v) is 3.13. The number of benzene rings is 1. The van der Waals surface area contributed by atoms with Gasteiger partial charge in [-0.1, -0.05) is 13.8 Å². The SMILES string of the molecule is Cc1c(C(=O)N[C@H](C(=O)NC(CC(=O)O)C(O)CF)C(C)C)[nH]c2ccc(F)cc12. The molecule has 2 unspecified atom stereocenters. The van der Waals surface area contributed by atoms with Crippen molar-refractivity contribution in [1.82, 2.24) is 15.6 Å². The quantitative estimate of drug-likeness (QED) is 0.417. The molecule has 5 N–H and O–H groups in total. The van der Waals surface area contributed by atoms with E-state index in [-0.39, 0.29) is 5.69 Å². The zero-order valence-corrected chi connectivity index (χ0v) is 16.8. The lowest BCUT2D eigenvalue weighted by atomic mass is 10.0. The third-order valence-electron chi connectivity index (χ3n) is 4.83. The number of carbonyl (C=O) groups is 3. The summed E-state index contributed by atoms with van der Waals surface area (Å²) in [5.74, 6) is -3.54. The van der Waals surface area contributed by atoms with Gasteiger partial charge >= 0.3 is 5.97 Å². The van der Waals surface area contributed by atoms with Crippen LogP contribution in [0.15, 0.2) is 18.2 Å². The number of aliphatic carboxylic acids is 1. The first-order valence-corrected chi connectivity index (χ1v) is 9.40. The molecule has 1 aromatic carbocycles. The second kappa shape index (κ2) is 9.66. The van der Waals surface area contributed by atoms with Gasteiger partial charge in [-0.05, 0) is 36.6 Å². The van der Waals surface area contributed by atoms with Crippen LogP contribution in [0.2, 0.25) is 0 Å². The molecule has 1 aromatic heterocycles. The smallest absolute Gasteiger partial charge is 0.305 e. The zero-order valence-electron chi connectivity index (χ0n) is 16.8. The number of fused-ring (bicyclic) bond motifs is 1. The van der Waals surface area contributed by atoms with E-state index in [1.807, 2.05) is 0 Å². The summed E-state index contributed by atoms with van der Waals surface area (Å²) in [4.78, 5) is 39.3. The predicted octanol–water partition coefficient (Wildman–Crippen LogP) is 1.66. The van der Waals surface area contributed by atoms with Crippen LogP contribution in [0.3, 0.4) is 0 Å². The molecule has 2 amide bonds. The lowest BCUT2D eigenvalue weighted by Crippen LogP contribution is -2.55. The molecule has 2 aromatic rings. The van der Waals surface area contributed by atoms with E-state index >= 15 is 0 Å². The number of hydrogen-bond acceptors (Lipinski definition) is 4. The molecule has 30 heavy (non-hydrogen) atoms. The second-order valence-corrected chi connectivity index (χ2v) is 7.44. The predicted molar refractivity (Wildman–Crippen MR) is 105 cm³/mol. The summed E-state index contributed by atoms with van der Waals surface area (Å²) in [7, 11) is 0. The monoisotopic (exact) mass is 425 g/mol. The Bertz CT molecular complexity index is 944. The molecule has 164 valence electrons. The third-order valence-corrected chi connectivity index (χ3v) is 4.83. The van der Waals surface area contributed by atoms with Crippen LogP contribution in [0.4, 0.5) is 8.78 Å². The number of rotatable bonds is 9. The fraction of sp³-hybridized carbons (Fsp3) is 0.450. The Morgan fingerprint density at radius 2 is 1.87 bits per heavy atom. The van der Waals surface area contributed by atoms with Gasteiger partial charge in [0.1, 0.15) is 30.3 Å². The molecule has 2 rings (SSSR count). The first kappa shape index (κ1) is 23.3. The standard InChI is InChI=1S/C20H25F2N3O5/c1-9(2)17(19(29)24-14(7-16(27)28)15(26)8-21)25-20(30)18-10(3)12-6-11(22)4-5-13(12)23-18/h4-6,9,14-15,17,23,26H,7-8H2,1-3H3,(H,24,29)(H,25,30)(H,27,28)/t14?,15?,17-/m0/s1. The summed E-state index contributed by atoms with van der Waals surface area (Å²) in [5.41, 5.74) is 1.21. The Hall–Kier alpha value is -3.01. The number of aliphatic hydroxyl groups is 1. The second-order valence-electron chi connectivity index (χ2n) is 7.44. The lowest BCUT2D eigenvalue weighted by molar-refractivity contribution is -0.139. The topological polar surface area (TPSA) is 132 Å². The van der Waals surface area contributed by atoms with Gasteiger partial charge in [-0.3, -0.25) is 14.4 Å². The van der Waals surface area contributed by atoms with Crippen LogP contribution < -0.4 is 10.6 Å². The molecule has 0 fully saturated rings. The highest BCUT2D eigenvalue weighted by Gasteiger charge is 2.31. The average molecular weight is 425 g/mol. The highest BCUT2D eigenvalue weighted by Crippen LogP contribution is 2.23. The van der Waals surface area contributed by atoms with Crippen LogP contribution in [0, 0.1) is 18.7 Å². The summed E-state index contributed by atoms with van der Waals surface area (Å²) in [6.45, 7) is 3.73. The van der Waals surface area contributed by atoms with Crippen molar-refractivity contribution >= 4 is 28.7 Å². The van der Waals surface area contributed by atoms with Crippen molar-refractivity contribution in [3.8, 4) is 0 Å². The highest BCUT2D eigenvalue weighted by atomic mass is 19.1. The van der Waals surface area contributed by atoms with Gasteiger partial charge in [0, 0.05) is 10.9 Å². The van der Waals surface area contributed by atoms with E-state index in [1.54, 1.807) is 20.8 Å². The van der Waals surface area contributed by atoms with Crippen molar-refractivity contribution in [2.45, 2.75) is 45.4 Å². The number of carbonyl (C=O) groups excluding carboxylic acids is 2. The van der Waals surface area contributed by atoms with Gasteiger partial charge in [-0.2, -0.15) is 0 Å². The average Bonchev–Trinajstić information content (AvgIpc) is 3.00. The van der Waals surface area contributed by atoms with E-state index < -0.39 is 60.8 Å². The number of aromatic amines is 1. The molecule has 0 aliphatic heterocycles. The molecule has 0 aliphatic carbocycles. The fourth-order valence-electron chi connectivity index (χ4n) is 3.13. The van der Waals surface area contributed by atoms with E-state index in [0.29, 0.717) is 16.5 Å². The maximum absolute atomic E-state index is 13.5. The third kappa shape index (κ3) is 5.32. The number of hydrogen-bond donors (Lipinski definition) is 5. The number of aryl methyl sites for hydroxylation is 1. The molecule has 3 atom stereocenters. The van der Waals surface area contributed by atoms with E-state index in [9.17, 15) is 28.3 Å². The van der Waals surface area contributed by atoms with Gasteiger partial charge in [0.15, 0.2) is 0 Å². The molecule has 0 aliphatic rings. The molecule has 0 radical (unpaired) electrons. The molecule has 1 heterocycles. The van der Waals surface area contributed by atoms with Crippen molar-refractivity contribution in [1.29, 1.82) is 0 Å². The zero-order chi connectivity index (χ0) is 22.6. The Morgan fingerprint density at radius 1 is 1.20 bits per heavy atom. The Balaban J connectivity index is 2.22. The van der Waals surface area contributed by atoms with Crippen molar-refractivity contribution in [2.75, 3.05) is 6.67 Å². The number of aromatic nitrogens is 1. The summed E-state index contributed by atoms with van der Waals surface area (Å²) in [6, 6.07) is 1.61. The lowest BCUT2D eigenvalue weighted by Gasteiger charge is -2.26. The summed E-state index contributed by atoms with van der Waals surface area (Å²) >= 11 is 0. The van der Waals surface area contributed by atoms with Gasteiger partial charge in [0.05, 0.1) is 12.5 Å². The van der Waals surface area contributed by atoms with Crippen LogP contribution >= 0.6 is 0 Å². The molecule has 0 saturated heterocycles. The van der Waals surface area contributed by atoms with Crippen LogP contribution in [-0.2, 0) is 9.59 Å². The van der Waals surface area contributed by atoms with Crippen LogP contribution in [0.1, 0.15) is 36.3 Å². The van der Waals surface area contributed by atoms with Crippen molar-refractivity contribution in [3.05, 3.63) is 35.3 Å². The van der Waals surface area contributed by atoms with Crippen LogP contribution in [0.25, 0.3) is 10.9 Å². The molecule has 8 nitrogen and oxygen atoms in total. The van der Waals surface area contributed by atoms with E-state index in [0.717, 1.165) is 0 Å². The Morgan fingerprint density at radius 3 is 2.43 bits per heavy atom. The number of aliphatic hydroxyl groups excluding tert-OH is 1. The minimum absolute atomic E-state index is 0.153. The van der Waals surface area contributed by atoms with Gasteiger partial charge in [-0.15, -0.1) is 0 Å². The molecular weight excluding hydrogens is 400 g/mol. The van der Waals surface area contributed by atoms with Crippen molar-refractivity contribution in [3.63, 3.8) is 0 Å². The first-order chi connectivity index (χ1) is 14.0. The van der Waals surface area contributed by atoms with Gasteiger partial charge in [-0.25, -0.2) is 8.78 Å². The van der Waals surface area contributed by atoms with E-state index in [1.165, 1.54) is 18.2 Å². The van der Waals surface area contributed by atoms with Gasteiger partial charge in [0.25, 0.3) is 5.91 Å². The molecule has 10 heteroatoms. The molecule has 0 saturated carbocycles. The summed E-state index contributed by atoms with van der Waals surface area (Å²) in [6.07, 6.45) is -2.37. The summed E-state index contributed by atoms with van der Waals surface area (Å²) in [5, 5.41) is 24.0. The van der Waals surface area contributed by atoms with E-state index in [2.05, 4.69) is 15.6 Å². The van der Waals surface area contributed by atoms with E-state index in [4.69, 9.17) is 5.11 Å². The van der Waals surface area contributed by atoms with Gasteiger partial charge in [0.2, 0.25) is 5.91 Å². The number of carboxylic acid groups (broad SMARTS) is 1.